The molecule has 2 fully saturated rings. The summed E-state index contributed by atoms with van der Waals surface area (Å²) in [6, 6.07) is 0. The number of carbonyl (C=O) groups excluding carboxylic acids is 5. The van der Waals surface area contributed by atoms with Gasteiger partial charge in [0, 0.05) is 63.1 Å². The summed E-state index contributed by atoms with van der Waals surface area (Å²) in [4.78, 5) is 120. The van der Waals surface area contributed by atoms with Crippen LogP contribution >= 0.6 is 35.2 Å². The summed E-state index contributed by atoms with van der Waals surface area (Å²) in [5.74, 6) is -2.23. The number of ether oxygens (including phenoxy) is 7. The Labute approximate surface area is 521 Å². The van der Waals surface area contributed by atoms with Crippen LogP contribution in [0.4, 0.5) is 5.82 Å². The van der Waals surface area contributed by atoms with E-state index in [4.69, 9.17) is 38.9 Å². The Bertz CT molecular complexity index is 2460. The molecule has 0 bridgehead atoms. The van der Waals surface area contributed by atoms with Gasteiger partial charge in [-0.25, -0.2) is 23.8 Å². The largest absolute Gasteiger partial charge is 1.00 e. The molecule has 4 rings (SSSR count). The maximum atomic E-state index is 12.9. The second kappa shape index (κ2) is 38.7. The number of Topliss-reactive ketones (excluding diaryl/α,β-unsaturated/α-hetero) is 1. The predicted molar refractivity (Wildman–Crippen MR) is 272 cm³/mol. The zero-order chi connectivity index (χ0) is 58.9. The monoisotopic (exact) mass is 1270 g/mol. The van der Waals surface area contributed by atoms with Gasteiger partial charge in [-0.1, -0.05) is 13.8 Å². The summed E-state index contributed by atoms with van der Waals surface area (Å²) < 4.78 is 93.9. The Morgan fingerprint density at radius 1 is 0.854 bits per heavy atom. The molecule has 2 aromatic rings. The molecule has 8 N–H and O–H groups in total. The fourth-order valence-electron chi connectivity index (χ4n) is 7.33. The molecule has 0 aromatic carbocycles. The van der Waals surface area contributed by atoms with Crippen LogP contribution in [-0.4, -0.2) is 221 Å². The van der Waals surface area contributed by atoms with Gasteiger partial charge in [0.15, 0.2) is 17.7 Å². The van der Waals surface area contributed by atoms with Crippen molar-refractivity contribution >= 4 is 81.6 Å². The molecule has 82 heavy (non-hydrogen) atoms. The molecule has 0 saturated carbocycles. The minimum atomic E-state index is -5.93. The number of ketones is 1. The Hall–Kier alpha value is -1.54. The van der Waals surface area contributed by atoms with Crippen LogP contribution in [0.2, 0.25) is 0 Å². The Kier molecular flexibility index (Phi) is 36.1. The minimum Gasteiger partial charge on any atom is -0.756 e. The van der Waals surface area contributed by atoms with Crippen LogP contribution in [-0.2, 0) is 88.7 Å². The maximum absolute atomic E-state index is 12.9. The molecule has 33 nitrogen and oxygen atoms in total. The molecule has 2 saturated heterocycles. The van der Waals surface area contributed by atoms with E-state index in [0.717, 1.165) is 22.1 Å². The summed E-state index contributed by atoms with van der Waals surface area (Å²) >= 11 is 1.17. The van der Waals surface area contributed by atoms with Gasteiger partial charge in [-0.15, -0.1) is 11.8 Å². The average Bonchev–Trinajstić information content (AvgIpc) is 4.26. The van der Waals surface area contributed by atoms with Gasteiger partial charge in [0.2, 0.25) is 23.6 Å². The third kappa shape index (κ3) is 27.7. The van der Waals surface area contributed by atoms with Crippen molar-refractivity contribution in [2.45, 2.75) is 88.8 Å². The molecule has 8 atom stereocenters. The van der Waals surface area contributed by atoms with E-state index in [2.05, 4.69) is 43.5 Å². The molecule has 0 radical (unpaired) electrons. The SMILES string of the molecule is CCOCCOCCOCCOCCOCCOCCC(=O)CCCN1C(=O)CC(SCCNC(=O)CCNC(=O)[C@H](O)C(C)(C)COP(=O)([O-])OP(=O)([O-])OC[C@H]2O[C@@H](n3cnc4c(N)ncnc43)[C@@H](O)C2OP(=O)(O)O)C1=O.[Na+].[Na+]. The number of carbonyl (C=O) groups is 5. The number of anilines is 1. The molecule has 456 valence electrons. The molecule has 0 aliphatic carbocycles. The summed E-state index contributed by atoms with van der Waals surface area (Å²) in [5.41, 5.74) is 4.09. The first-order chi connectivity index (χ1) is 37.8. The predicted octanol–water partition coefficient (Wildman–Crippen LogP) is -8.13. The fraction of sp³-hybridized carbons (Fsp3) is 0.767. The van der Waals surface area contributed by atoms with E-state index in [1.54, 1.807) is 0 Å². The van der Waals surface area contributed by atoms with E-state index in [1.165, 1.54) is 25.6 Å². The number of nitrogen functional groups attached to an aromatic ring is 1. The Morgan fingerprint density at radius 3 is 2.04 bits per heavy atom. The molecule has 0 spiro atoms. The quantitative estimate of drug-likeness (QED) is 0.0140. The number of thioether (sulfide) groups is 1. The normalized spacial score (nSPS) is 20.3. The maximum Gasteiger partial charge on any atom is 1.00 e. The first-order valence-corrected chi connectivity index (χ1v) is 30.6. The number of rotatable bonds is 43. The van der Waals surface area contributed by atoms with E-state index in [0.29, 0.717) is 79.1 Å². The number of aliphatic hydroxyl groups excluding tert-OH is 2. The molecule has 39 heteroatoms. The van der Waals surface area contributed by atoms with Crippen molar-refractivity contribution in [3.63, 3.8) is 0 Å². The van der Waals surface area contributed by atoms with E-state index < -0.39 is 95.7 Å². The van der Waals surface area contributed by atoms with Crippen molar-refractivity contribution in [3.8, 4) is 0 Å². The molecule has 4 unspecified atom stereocenters. The second-order valence-electron chi connectivity index (χ2n) is 18.1. The van der Waals surface area contributed by atoms with Crippen LogP contribution in [0, 0.1) is 5.41 Å². The molecule has 2 aliphatic heterocycles. The third-order valence-electron chi connectivity index (χ3n) is 11.4. The van der Waals surface area contributed by atoms with Gasteiger partial charge >= 0.3 is 66.9 Å². The number of imidazole rings is 1. The van der Waals surface area contributed by atoms with Crippen LogP contribution in [0.3, 0.4) is 0 Å². The number of fused-ring (bicyclic) bond motifs is 1. The topological polar surface area (TPSA) is 462 Å². The standard InChI is InChI=1S/C43H73N8O25P3S.2Na/c1-4-66-13-14-68-17-18-70-21-22-71-20-19-69-16-15-67-12-8-29(52)6-5-11-50-33(54)24-31(41(50)58)80-23-10-45-32(53)7-9-46-40(57)37(56)43(2,3)26-73-79(64,65)76-78(62,63)72-25-30-36(75-77(59,60)61)35(55)42(74-30)51-28-49-34-38(44)47-27-48-39(34)51;;/h27-28,30-31,35-37,42,55-56H,4-26H2,1-3H3,(H,45,53)(H,46,57)(H,62,63)(H,64,65)(H2,44,47,48)(H2,59,60,61);;/q;2*+1/p-2/t30-,31?,35+,36?,37+,42-;;/m1../s1. The molecular formula is C43H71N8Na2O25P3S. The number of aromatic nitrogens is 4. The average molecular weight is 1270 g/mol. The molecule has 4 amide bonds. The van der Waals surface area contributed by atoms with Crippen molar-refractivity contribution in [1.82, 2.24) is 35.1 Å². The van der Waals surface area contributed by atoms with Crippen molar-refractivity contribution in [1.29, 1.82) is 0 Å². The summed E-state index contributed by atoms with van der Waals surface area (Å²) in [5, 5.41) is 25.8. The van der Waals surface area contributed by atoms with Crippen molar-refractivity contribution in [3.05, 3.63) is 12.7 Å². The number of likely N-dealkylation sites (tertiary alicyclic amines) is 1. The molecule has 4 heterocycles. The van der Waals surface area contributed by atoms with Gasteiger partial charge in [0.1, 0.15) is 42.0 Å². The summed E-state index contributed by atoms with van der Waals surface area (Å²) in [6.45, 7) is 7.10. The zero-order valence-electron chi connectivity index (χ0n) is 46.3. The number of nitrogens with one attached hydrogen (secondary N) is 2. The third-order valence-corrected chi connectivity index (χ3v) is 15.7. The van der Waals surface area contributed by atoms with Gasteiger partial charge in [0.05, 0.1) is 97.5 Å². The van der Waals surface area contributed by atoms with Crippen LogP contribution in [0.25, 0.3) is 11.2 Å². The first kappa shape index (κ1) is 76.6. The number of amides is 4. The van der Waals surface area contributed by atoms with Crippen molar-refractivity contribution in [2.75, 3.05) is 124 Å². The van der Waals surface area contributed by atoms with Gasteiger partial charge in [-0.2, -0.15) is 0 Å². The van der Waals surface area contributed by atoms with Gasteiger partial charge in [0.25, 0.3) is 15.6 Å². The van der Waals surface area contributed by atoms with Crippen LogP contribution in [0.1, 0.15) is 59.1 Å². The first-order valence-electron chi connectivity index (χ1n) is 25.1. The van der Waals surface area contributed by atoms with Gasteiger partial charge in [-0.3, -0.25) is 47.1 Å². The van der Waals surface area contributed by atoms with Gasteiger partial charge in [-0.05, 0) is 13.3 Å². The van der Waals surface area contributed by atoms with E-state index in [9.17, 15) is 67.5 Å². The number of hydrogen-bond acceptors (Lipinski definition) is 28. The number of hydrogen-bond donors (Lipinski definition) is 7. The minimum absolute atomic E-state index is 0. The van der Waals surface area contributed by atoms with E-state index >= 15 is 0 Å². The van der Waals surface area contributed by atoms with Crippen LogP contribution in [0.5, 0.6) is 0 Å². The number of phosphoric ester groups is 3. The molecule has 2 aromatic heterocycles. The van der Waals surface area contributed by atoms with Gasteiger partial charge < -0.3 is 88.4 Å². The Morgan fingerprint density at radius 2 is 1.44 bits per heavy atom. The number of phosphoric acid groups is 3. The molecular weight excluding hydrogens is 1200 g/mol. The smallest absolute Gasteiger partial charge is 0.756 e. The summed E-state index contributed by atoms with van der Waals surface area (Å²) in [7, 11) is -17.2. The molecule has 2 aliphatic rings. The number of nitrogens with two attached hydrogens (primary N) is 1. The van der Waals surface area contributed by atoms with E-state index in [1.807, 2.05) is 6.92 Å². The summed E-state index contributed by atoms with van der Waals surface area (Å²) in [6.07, 6.45) is -6.85. The number of aliphatic hydroxyl groups is 2. The van der Waals surface area contributed by atoms with Crippen molar-refractivity contribution < 1.29 is 178 Å². The van der Waals surface area contributed by atoms with Crippen LogP contribution in [0.15, 0.2) is 12.7 Å². The van der Waals surface area contributed by atoms with Crippen molar-refractivity contribution in [2.24, 2.45) is 5.41 Å². The zero-order valence-corrected chi connectivity index (χ0v) is 53.8. The van der Waals surface area contributed by atoms with Crippen LogP contribution < -0.4 is 85.3 Å². The second-order valence-corrected chi connectivity index (χ2v) is 23.6. The number of imide groups is 1. The van der Waals surface area contributed by atoms with E-state index in [-0.39, 0.29) is 145 Å². The number of nitrogens with zero attached hydrogens (tertiary/aromatic N) is 5. The fourth-order valence-corrected chi connectivity index (χ4v) is 11.1. The Balaban J connectivity index is 0.0000115.